The number of methoxy groups -OCH3 is 1. The monoisotopic (exact) mass is 433 g/mol. The highest BCUT2D eigenvalue weighted by Gasteiger charge is 2.62. The molecule has 0 aromatic rings. The maximum atomic E-state index is 13.4. The van der Waals surface area contributed by atoms with Gasteiger partial charge in [-0.1, -0.05) is 6.92 Å². The Balaban J connectivity index is 1.34. The minimum absolute atomic E-state index is 0.120. The number of hydrogen-bond acceptors (Lipinski definition) is 6. The molecule has 0 bridgehead atoms. The van der Waals surface area contributed by atoms with Crippen LogP contribution in [-0.2, 0) is 9.53 Å². The Labute approximate surface area is 187 Å². The van der Waals surface area contributed by atoms with Crippen molar-refractivity contribution >= 4 is 5.78 Å². The van der Waals surface area contributed by atoms with Crippen molar-refractivity contribution in [1.29, 1.82) is 0 Å². The van der Waals surface area contributed by atoms with Crippen LogP contribution in [0.5, 0.6) is 0 Å². The summed E-state index contributed by atoms with van der Waals surface area (Å²) >= 11 is 0. The maximum Gasteiger partial charge on any atom is 0.151 e. The number of nitrogens with one attached hydrogen (secondary N) is 2. The number of rotatable bonds is 5. The van der Waals surface area contributed by atoms with Crippen LogP contribution in [0.3, 0.4) is 0 Å². The summed E-state index contributed by atoms with van der Waals surface area (Å²) in [4.78, 5) is 13.4. The molecule has 31 heavy (non-hydrogen) atoms. The van der Waals surface area contributed by atoms with Gasteiger partial charge in [-0.15, -0.1) is 0 Å². The van der Waals surface area contributed by atoms with Gasteiger partial charge in [-0.2, -0.15) is 5.53 Å². The molecule has 0 radical (unpaired) electrons. The van der Waals surface area contributed by atoms with E-state index in [4.69, 9.17) is 4.74 Å². The van der Waals surface area contributed by atoms with Gasteiger partial charge in [0.1, 0.15) is 0 Å². The van der Waals surface area contributed by atoms with E-state index in [0.717, 1.165) is 44.8 Å². The van der Waals surface area contributed by atoms with Crippen LogP contribution in [0, 0.1) is 40.4 Å². The van der Waals surface area contributed by atoms with E-state index in [9.17, 15) is 9.90 Å². The number of carbonyl (C=O) groups excluding carboxylic acids is 1. The van der Waals surface area contributed by atoms with Gasteiger partial charge >= 0.3 is 0 Å². The number of Topliss-reactive ketones (excluding diaryl/α,β-unsaturated/α-hetero) is 1. The highest BCUT2D eigenvalue weighted by Crippen LogP contribution is 2.67. The number of aliphatic hydroxyl groups excluding tert-OH is 1. The van der Waals surface area contributed by atoms with Gasteiger partial charge in [0.25, 0.3) is 0 Å². The van der Waals surface area contributed by atoms with E-state index in [2.05, 4.69) is 29.8 Å². The summed E-state index contributed by atoms with van der Waals surface area (Å²) in [5, 5.41) is 12.4. The largest absolute Gasteiger partial charge is 0.393 e. The lowest BCUT2D eigenvalue weighted by Crippen LogP contribution is -2.57. The molecular formula is C25H43N3O3. The average Bonchev–Trinajstić information content (AvgIpc) is 3.30. The fourth-order valence-corrected chi connectivity index (χ4v) is 9.13. The first-order valence-electron chi connectivity index (χ1n) is 12.8. The Kier molecular flexibility index (Phi) is 6.00. The molecule has 3 N–H and O–H groups in total. The second kappa shape index (κ2) is 8.35. The quantitative estimate of drug-likeness (QED) is 0.619. The summed E-state index contributed by atoms with van der Waals surface area (Å²) in [5.74, 6) is 3.36. The Morgan fingerprint density at radius 1 is 1.13 bits per heavy atom. The molecule has 0 spiro atoms. The fourth-order valence-electron chi connectivity index (χ4n) is 9.13. The molecule has 5 aliphatic rings. The number of ether oxygens (including phenoxy) is 1. The first-order valence-corrected chi connectivity index (χ1v) is 12.8. The molecule has 1 aliphatic heterocycles. The van der Waals surface area contributed by atoms with Gasteiger partial charge in [0.2, 0.25) is 0 Å². The maximum absolute atomic E-state index is 13.4. The number of nitrogens with zero attached hydrogens (tertiary/aromatic N) is 1. The van der Waals surface area contributed by atoms with Gasteiger partial charge in [-0.25, -0.2) is 10.4 Å². The number of hydrazine groups is 2. The first kappa shape index (κ1) is 22.3. The van der Waals surface area contributed by atoms with Crippen LogP contribution in [0.2, 0.25) is 0 Å². The summed E-state index contributed by atoms with van der Waals surface area (Å²) in [6, 6.07) is 0.385. The molecule has 9 atom stereocenters. The third-order valence-corrected chi connectivity index (χ3v) is 10.4. The zero-order valence-corrected chi connectivity index (χ0v) is 19.7. The smallest absolute Gasteiger partial charge is 0.151 e. The Morgan fingerprint density at radius 2 is 1.97 bits per heavy atom. The summed E-state index contributed by atoms with van der Waals surface area (Å²) in [7, 11) is 1.86. The highest BCUT2D eigenvalue weighted by molar-refractivity contribution is 5.84. The lowest BCUT2D eigenvalue weighted by molar-refractivity contribution is -0.161. The fraction of sp³-hybridized carbons (Fsp3) is 0.960. The van der Waals surface area contributed by atoms with Crippen molar-refractivity contribution in [3.05, 3.63) is 0 Å². The molecule has 5 rings (SSSR count). The SMILES string of the molecule is COC[C@]12CC[C@@H](O)C[C@@H]1CC[C@@H]1C2CC[C@]2(C)[C@@H](C(=O)CN3CC(C)NN3)CC[C@@H]12. The number of hydrogen-bond donors (Lipinski definition) is 3. The molecule has 1 saturated heterocycles. The average molecular weight is 434 g/mol. The van der Waals surface area contributed by atoms with Gasteiger partial charge in [-0.05, 0) is 99.2 Å². The second-order valence-corrected chi connectivity index (χ2v) is 11.9. The minimum Gasteiger partial charge on any atom is -0.393 e. The van der Waals surface area contributed by atoms with Gasteiger partial charge in [0.05, 0.1) is 19.3 Å². The number of carbonyl (C=O) groups is 1. The van der Waals surface area contributed by atoms with Crippen LogP contribution in [0.25, 0.3) is 0 Å². The van der Waals surface area contributed by atoms with E-state index < -0.39 is 0 Å². The van der Waals surface area contributed by atoms with Crippen LogP contribution >= 0.6 is 0 Å². The Bertz CT molecular complexity index is 689. The molecule has 176 valence electrons. The number of aliphatic hydroxyl groups is 1. The molecule has 4 saturated carbocycles. The molecule has 1 heterocycles. The van der Waals surface area contributed by atoms with Crippen LogP contribution in [0.4, 0.5) is 0 Å². The summed E-state index contributed by atoms with van der Waals surface area (Å²) in [6.45, 7) is 6.84. The minimum atomic E-state index is -0.120. The number of fused-ring (bicyclic) bond motifs is 5. The van der Waals surface area contributed by atoms with E-state index in [0.29, 0.717) is 36.1 Å². The molecule has 6 nitrogen and oxygen atoms in total. The second-order valence-electron chi connectivity index (χ2n) is 11.9. The molecule has 0 aromatic heterocycles. The van der Waals surface area contributed by atoms with E-state index in [1.165, 1.54) is 32.1 Å². The molecule has 5 fully saturated rings. The zero-order valence-electron chi connectivity index (χ0n) is 19.7. The molecule has 6 heteroatoms. The molecular weight excluding hydrogens is 390 g/mol. The van der Waals surface area contributed by atoms with Gasteiger partial charge in [0, 0.05) is 25.6 Å². The molecule has 2 unspecified atom stereocenters. The Hall–Kier alpha value is -0.530. The number of ketones is 1. The van der Waals surface area contributed by atoms with Crippen molar-refractivity contribution in [3.63, 3.8) is 0 Å². The third kappa shape index (κ3) is 3.61. The third-order valence-electron chi connectivity index (χ3n) is 10.4. The zero-order chi connectivity index (χ0) is 21.8. The van der Waals surface area contributed by atoms with Crippen molar-refractivity contribution in [2.24, 2.45) is 40.4 Å². The standard InChI is InChI=1S/C25H43N3O3/c1-16-13-28(27-26-16)14-23(30)22-7-6-20-19-5-4-17-12-18(29)8-11-25(17,15-31-3)21(19)9-10-24(20,22)2/h16-22,26-27,29H,4-15H2,1-3H3/t16?,17-,18+,19-,20-,21?,22+,24-,25+/m0/s1. The van der Waals surface area contributed by atoms with Crippen molar-refractivity contribution in [2.45, 2.75) is 83.8 Å². The van der Waals surface area contributed by atoms with Gasteiger partial charge in [-0.3, -0.25) is 4.79 Å². The Morgan fingerprint density at radius 3 is 2.71 bits per heavy atom. The molecule has 0 aromatic carbocycles. The van der Waals surface area contributed by atoms with E-state index in [1.54, 1.807) is 0 Å². The van der Waals surface area contributed by atoms with Crippen molar-refractivity contribution in [1.82, 2.24) is 16.0 Å². The summed E-state index contributed by atoms with van der Waals surface area (Å²) in [6.07, 6.45) is 10.1. The molecule has 0 amide bonds. The van der Waals surface area contributed by atoms with E-state index in [1.807, 2.05) is 7.11 Å². The van der Waals surface area contributed by atoms with Crippen molar-refractivity contribution in [2.75, 3.05) is 26.8 Å². The molecule has 4 aliphatic carbocycles. The topological polar surface area (TPSA) is 73.8 Å². The highest BCUT2D eigenvalue weighted by atomic mass is 16.5. The normalized spacial score (nSPS) is 50.0. The van der Waals surface area contributed by atoms with Gasteiger partial charge < -0.3 is 9.84 Å². The van der Waals surface area contributed by atoms with Crippen LogP contribution in [0.15, 0.2) is 0 Å². The van der Waals surface area contributed by atoms with Crippen LogP contribution < -0.4 is 11.0 Å². The first-order chi connectivity index (χ1) is 14.9. The predicted molar refractivity (Wildman–Crippen MR) is 120 cm³/mol. The van der Waals surface area contributed by atoms with Crippen LogP contribution in [0.1, 0.15) is 71.6 Å². The van der Waals surface area contributed by atoms with Gasteiger partial charge in [0.15, 0.2) is 5.78 Å². The van der Waals surface area contributed by atoms with E-state index >= 15 is 0 Å². The van der Waals surface area contributed by atoms with E-state index in [-0.39, 0.29) is 22.9 Å². The summed E-state index contributed by atoms with van der Waals surface area (Å²) in [5.41, 5.74) is 6.79. The van der Waals surface area contributed by atoms with Crippen molar-refractivity contribution < 1.29 is 14.6 Å². The lowest BCUT2D eigenvalue weighted by atomic mass is 9.44. The summed E-state index contributed by atoms with van der Waals surface area (Å²) < 4.78 is 5.85. The van der Waals surface area contributed by atoms with Crippen LogP contribution in [-0.4, -0.2) is 54.9 Å². The predicted octanol–water partition coefficient (Wildman–Crippen LogP) is 2.92. The lowest BCUT2D eigenvalue weighted by Gasteiger charge is -2.61. The van der Waals surface area contributed by atoms with Crippen molar-refractivity contribution in [3.8, 4) is 0 Å².